The number of sulfonamides is 1. The van der Waals surface area contributed by atoms with Crippen molar-refractivity contribution in [3.63, 3.8) is 0 Å². The summed E-state index contributed by atoms with van der Waals surface area (Å²) in [6.07, 6.45) is 0. The second kappa shape index (κ2) is 6.24. The van der Waals surface area contributed by atoms with Crippen LogP contribution in [0.25, 0.3) is 0 Å². The topological polar surface area (TPSA) is 37.4 Å². The van der Waals surface area contributed by atoms with Gasteiger partial charge in [-0.2, -0.15) is 4.31 Å². The van der Waals surface area contributed by atoms with Crippen molar-refractivity contribution < 1.29 is 8.42 Å². The third kappa shape index (κ3) is 3.04. The van der Waals surface area contributed by atoms with Gasteiger partial charge in [0.2, 0.25) is 10.0 Å². The molecule has 6 heteroatoms. The van der Waals surface area contributed by atoms with Gasteiger partial charge in [0, 0.05) is 17.3 Å². The van der Waals surface area contributed by atoms with Gasteiger partial charge in [0.15, 0.2) is 0 Å². The number of rotatable bonds is 3. The molecule has 1 aliphatic rings. The summed E-state index contributed by atoms with van der Waals surface area (Å²) in [5.41, 5.74) is 2.01. The lowest BCUT2D eigenvalue weighted by Gasteiger charge is -2.23. The van der Waals surface area contributed by atoms with Gasteiger partial charge in [-0.3, -0.25) is 0 Å². The van der Waals surface area contributed by atoms with Gasteiger partial charge in [0.05, 0.1) is 10.3 Å². The first-order valence-corrected chi connectivity index (χ1v) is 9.81. The lowest BCUT2D eigenvalue weighted by atomic mass is 10.2. The van der Waals surface area contributed by atoms with Crippen molar-refractivity contribution in [3.8, 4) is 0 Å². The summed E-state index contributed by atoms with van der Waals surface area (Å²) in [6.45, 7) is 2.47. The van der Waals surface area contributed by atoms with E-state index < -0.39 is 10.0 Å². The Morgan fingerprint density at radius 3 is 2.36 bits per heavy atom. The number of halogens is 1. The summed E-state index contributed by atoms with van der Waals surface area (Å²) in [4.78, 5) is 0.347. The number of hydrogen-bond acceptors (Lipinski definition) is 3. The van der Waals surface area contributed by atoms with Crippen molar-refractivity contribution in [3.05, 3.63) is 64.7 Å². The van der Waals surface area contributed by atoms with E-state index >= 15 is 0 Å². The van der Waals surface area contributed by atoms with Gasteiger partial charge >= 0.3 is 0 Å². The molecule has 0 aliphatic carbocycles. The molecule has 0 bridgehead atoms. The Hall–Kier alpha value is -1.01. The molecule has 1 heterocycles. The Labute approximate surface area is 140 Å². The van der Waals surface area contributed by atoms with Crippen molar-refractivity contribution in [1.29, 1.82) is 0 Å². The van der Waals surface area contributed by atoms with Gasteiger partial charge in [-0.25, -0.2) is 8.42 Å². The van der Waals surface area contributed by atoms with Crippen LogP contribution in [0.4, 0.5) is 0 Å². The number of aryl methyl sites for hydroxylation is 1. The zero-order valence-electron chi connectivity index (χ0n) is 12.1. The van der Waals surface area contributed by atoms with E-state index in [4.69, 9.17) is 11.6 Å². The molecule has 3 rings (SSSR count). The van der Waals surface area contributed by atoms with Gasteiger partial charge < -0.3 is 0 Å². The first-order chi connectivity index (χ1) is 10.5. The number of benzene rings is 2. The lowest BCUT2D eigenvalue weighted by molar-refractivity contribution is 0.434. The first-order valence-electron chi connectivity index (χ1n) is 6.94. The Morgan fingerprint density at radius 2 is 1.73 bits per heavy atom. The molecule has 1 aliphatic heterocycles. The van der Waals surface area contributed by atoms with E-state index in [1.165, 1.54) is 0 Å². The van der Waals surface area contributed by atoms with Crippen LogP contribution in [-0.2, 0) is 10.0 Å². The van der Waals surface area contributed by atoms with E-state index in [2.05, 4.69) is 0 Å². The summed E-state index contributed by atoms with van der Waals surface area (Å²) in [5.74, 6) is 0.790. The predicted molar refractivity (Wildman–Crippen MR) is 91.7 cm³/mol. The van der Waals surface area contributed by atoms with Gasteiger partial charge in [-0.1, -0.05) is 41.4 Å². The summed E-state index contributed by atoms with van der Waals surface area (Å²) in [5, 5.41) is 0.461. The van der Waals surface area contributed by atoms with Crippen LogP contribution in [0.1, 0.15) is 16.5 Å². The second-order valence-corrected chi connectivity index (χ2v) is 8.72. The monoisotopic (exact) mass is 353 g/mol. The maximum Gasteiger partial charge on any atom is 0.244 e. The van der Waals surface area contributed by atoms with Crippen LogP contribution in [0.3, 0.4) is 0 Å². The lowest BCUT2D eigenvalue weighted by Crippen LogP contribution is -2.30. The standard InChI is InChI=1S/C16H16ClNO2S2/c1-12-2-8-15(9-3-12)22(19,20)18-10-11-21-16(18)13-4-6-14(17)7-5-13/h2-9,16H,10-11H2,1H3/t16-/m1/s1. The van der Waals surface area contributed by atoms with Crippen LogP contribution in [0.15, 0.2) is 53.4 Å². The molecule has 22 heavy (non-hydrogen) atoms. The molecule has 1 fully saturated rings. The molecular formula is C16H16ClNO2S2. The number of hydrogen-bond donors (Lipinski definition) is 0. The summed E-state index contributed by atoms with van der Waals surface area (Å²) >= 11 is 7.55. The Morgan fingerprint density at radius 1 is 1.09 bits per heavy atom. The van der Waals surface area contributed by atoms with Crippen LogP contribution < -0.4 is 0 Å². The molecular weight excluding hydrogens is 338 g/mol. The fraction of sp³-hybridized carbons (Fsp3) is 0.250. The summed E-state index contributed by atoms with van der Waals surface area (Å²) < 4.78 is 27.3. The molecule has 0 N–H and O–H groups in total. The van der Waals surface area contributed by atoms with Crippen molar-refractivity contribution in [2.24, 2.45) is 0 Å². The largest absolute Gasteiger partial charge is 0.244 e. The van der Waals surface area contributed by atoms with E-state index in [9.17, 15) is 8.42 Å². The SMILES string of the molecule is Cc1ccc(S(=O)(=O)N2CCS[C@@H]2c2ccc(Cl)cc2)cc1. The van der Waals surface area contributed by atoms with Gasteiger partial charge in [0.25, 0.3) is 0 Å². The molecule has 0 aromatic heterocycles. The van der Waals surface area contributed by atoms with Crippen LogP contribution in [0, 0.1) is 6.92 Å². The van der Waals surface area contributed by atoms with Crippen LogP contribution in [0.5, 0.6) is 0 Å². The van der Waals surface area contributed by atoms with Crippen LogP contribution in [0.2, 0.25) is 5.02 Å². The predicted octanol–water partition coefficient (Wildman–Crippen LogP) is 4.08. The molecule has 116 valence electrons. The van der Waals surface area contributed by atoms with E-state index in [1.54, 1.807) is 40.3 Å². The highest BCUT2D eigenvalue weighted by Crippen LogP contribution is 2.41. The average Bonchev–Trinajstić information content (AvgIpc) is 2.99. The van der Waals surface area contributed by atoms with Crippen molar-refractivity contribution in [2.75, 3.05) is 12.3 Å². The van der Waals surface area contributed by atoms with Gasteiger partial charge in [-0.05, 0) is 36.8 Å². The third-order valence-corrected chi connectivity index (χ3v) is 7.16. The van der Waals surface area contributed by atoms with Crippen molar-refractivity contribution in [1.82, 2.24) is 4.31 Å². The molecule has 1 atom stereocenters. The molecule has 2 aromatic carbocycles. The Balaban J connectivity index is 1.95. The molecule has 2 aromatic rings. The van der Waals surface area contributed by atoms with E-state index in [0.717, 1.165) is 16.9 Å². The van der Waals surface area contributed by atoms with Crippen LogP contribution in [-0.4, -0.2) is 25.0 Å². The van der Waals surface area contributed by atoms with Gasteiger partial charge in [-0.15, -0.1) is 11.8 Å². The molecule has 0 unspecified atom stereocenters. The van der Waals surface area contributed by atoms with Crippen molar-refractivity contribution >= 4 is 33.4 Å². The smallest absolute Gasteiger partial charge is 0.207 e. The molecule has 0 radical (unpaired) electrons. The maximum absolute atomic E-state index is 12.9. The molecule has 3 nitrogen and oxygen atoms in total. The van der Waals surface area contributed by atoms with Crippen LogP contribution >= 0.6 is 23.4 Å². The normalized spacial score (nSPS) is 19.5. The molecule has 0 amide bonds. The Bertz CT molecular complexity index is 758. The summed E-state index contributed by atoms with van der Waals surface area (Å²) in [7, 11) is -3.48. The Kier molecular flexibility index (Phi) is 4.50. The molecule has 0 saturated carbocycles. The molecule has 0 spiro atoms. The highest BCUT2D eigenvalue weighted by molar-refractivity contribution is 8.01. The fourth-order valence-corrected chi connectivity index (χ4v) is 5.80. The van der Waals surface area contributed by atoms with Crippen molar-refractivity contribution in [2.45, 2.75) is 17.2 Å². The van der Waals surface area contributed by atoms with E-state index in [0.29, 0.717) is 16.5 Å². The molecule has 1 saturated heterocycles. The quantitative estimate of drug-likeness (QED) is 0.834. The minimum Gasteiger partial charge on any atom is -0.207 e. The first kappa shape index (κ1) is 15.9. The second-order valence-electron chi connectivity index (χ2n) is 5.20. The highest BCUT2D eigenvalue weighted by Gasteiger charge is 2.36. The minimum absolute atomic E-state index is 0.191. The highest BCUT2D eigenvalue weighted by atomic mass is 35.5. The minimum atomic E-state index is -3.48. The number of thioether (sulfide) groups is 1. The van der Waals surface area contributed by atoms with E-state index in [1.807, 2.05) is 31.2 Å². The summed E-state index contributed by atoms with van der Waals surface area (Å²) in [6, 6.07) is 14.4. The van der Waals surface area contributed by atoms with Gasteiger partial charge in [0.1, 0.15) is 0 Å². The number of nitrogens with zero attached hydrogens (tertiary/aromatic N) is 1. The zero-order chi connectivity index (χ0) is 15.7. The third-order valence-electron chi connectivity index (χ3n) is 3.63. The van der Waals surface area contributed by atoms with E-state index in [-0.39, 0.29) is 5.37 Å². The fourth-order valence-electron chi connectivity index (χ4n) is 2.44. The average molecular weight is 354 g/mol. The maximum atomic E-state index is 12.9. The zero-order valence-corrected chi connectivity index (χ0v) is 14.5.